The molecule has 0 bridgehead atoms. The van der Waals surface area contributed by atoms with Crippen LogP contribution in [0.15, 0.2) is 47.8 Å². The van der Waals surface area contributed by atoms with Crippen molar-refractivity contribution in [3.63, 3.8) is 0 Å². The van der Waals surface area contributed by atoms with Gasteiger partial charge in [0.1, 0.15) is 0 Å². The van der Waals surface area contributed by atoms with Crippen molar-refractivity contribution in [2.24, 2.45) is 0 Å². The Bertz CT molecular complexity index is 880. The Hall–Kier alpha value is -2.31. The molecule has 3 aromatic rings. The van der Waals surface area contributed by atoms with E-state index >= 15 is 0 Å². The van der Waals surface area contributed by atoms with E-state index in [0.29, 0.717) is 0 Å². The number of nitrogens with zero attached hydrogens (tertiary/aromatic N) is 5. The van der Waals surface area contributed by atoms with Gasteiger partial charge in [-0.3, -0.25) is 4.90 Å². The fourth-order valence-electron chi connectivity index (χ4n) is 3.53. The van der Waals surface area contributed by atoms with E-state index < -0.39 is 0 Å². The van der Waals surface area contributed by atoms with Gasteiger partial charge in [0.25, 0.3) is 0 Å². The van der Waals surface area contributed by atoms with Gasteiger partial charge in [-0.25, -0.2) is 4.98 Å². The largest absolute Gasteiger partial charge is 0.353 e. The van der Waals surface area contributed by atoms with Gasteiger partial charge >= 0.3 is 0 Å². The van der Waals surface area contributed by atoms with Crippen LogP contribution in [0.25, 0.3) is 11.3 Å². The molecule has 0 spiro atoms. The third-order valence-electron chi connectivity index (χ3n) is 5.30. The third-order valence-corrected chi connectivity index (χ3v) is 6.35. The molecule has 6 heteroatoms. The van der Waals surface area contributed by atoms with Gasteiger partial charge in [0.05, 0.1) is 16.4 Å². The number of rotatable bonds is 5. The SMILES string of the molecule is c1ccc(-c2ccc(N3CCN(Cc4csc(C5CC5)n4)CC3)nn2)cc1. The molecule has 5 nitrogen and oxygen atoms in total. The minimum Gasteiger partial charge on any atom is -0.353 e. The molecule has 0 radical (unpaired) electrons. The molecule has 0 amide bonds. The molecule has 1 saturated carbocycles. The smallest absolute Gasteiger partial charge is 0.151 e. The molecule has 0 atom stereocenters. The zero-order valence-electron chi connectivity index (χ0n) is 15.3. The highest BCUT2D eigenvalue weighted by atomic mass is 32.1. The van der Waals surface area contributed by atoms with Crippen molar-refractivity contribution in [1.29, 1.82) is 0 Å². The Balaban J connectivity index is 1.17. The Morgan fingerprint density at radius 1 is 0.926 bits per heavy atom. The molecule has 2 aromatic heterocycles. The monoisotopic (exact) mass is 377 g/mol. The standard InChI is InChI=1S/C21H23N5S/c1-2-4-16(5-3-1)19-8-9-20(24-23-19)26-12-10-25(11-13-26)14-18-15-27-21(22-18)17-6-7-17/h1-5,8-9,15,17H,6-7,10-14H2. The molecule has 138 valence electrons. The first kappa shape index (κ1) is 16.8. The van der Waals surface area contributed by atoms with Crippen LogP contribution in [-0.2, 0) is 6.54 Å². The fourth-order valence-corrected chi connectivity index (χ4v) is 4.52. The van der Waals surface area contributed by atoms with E-state index in [1.165, 1.54) is 23.5 Å². The number of aromatic nitrogens is 3. The summed E-state index contributed by atoms with van der Waals surface area (Å²) in [6.45, 7) is 5.02. The predicted molar refractivity (Wildman–Crippen MR) is 109 cm³/mol. The lowest BCUT2D eigenvalue weighted by atomic mass is 10.1. The van der Waals surface area contributed by atoms with Crippen LogP contribution < -0.4 is 4.90 Å². The maximum absolute atomic E-state index is 4.82. The molecule has 2 fully saturated rings. The van der Waals surface area contributed by atoms with E-state index in [1.54, 1.807) is 0 Å². The summed E-state index contributed by atoms with van der Waals surface area (Å²) in [5.41, 5.74) is 3.27. The average molecular weight is 378 g/mol. The second-order valence-electron chi connectivity index (χ2n) is 7.36. The summed E-state index contributed by atoms with van der Waals surface area (Å²) in [5, 5.41) is 12.5. The fraction of sp³-hybridized carbons (Fsp3) is 0.381. The van der Waals surface area contributed by atoms with Crippen molar-refractivity contribution in [3.8, 4) is 11.3 Å². The zero-order chi connectivity index (χ0) is 18.1. The highest BCUT2D eigenvalue weighted by Crippen LogP contribution is 2.41. The Kier molecular flexibility index (Phi) is 4.59. The highest BCUT2D eigenvalue weighted by Gasteiger charge is 2.27. The zero-order valence-corrected chi connectivity index (χ0v) is 16.1. The minimum atomic E-state index is 0.762. The van der Waals surface area contributed by atoms with Crippen molar-refractivity contribution in [2.75, 3.05) is 31.1 Å². The lowest BCUT2D eigenvalue weighted by Gasteiger charge is -2.34. The maximum Gasteiger partial charge on any atom is 0.151 e. The van der Waals surface area contributed by atoms with E-state index in [1.807, 2.05) is 29.5 Å². The van der Waals surface area contributed by atoms with Crippen LogP contribution in [0, 0.1) is 0 Å². The summed E-state index contributed by atoms with van der Waals surface area (Å²) in [7, 11) is 0. The summed E-state index contributed by atoms with van der Waals surface area (Å²) < 4.78 is 0. The van der Waals surface area contributed by atoms with Gasteiger partial charge in [0, 0.05) is 49.6 Å². The number of piperazine rings is 1. The van der Waals surface area contributed by atoms with E-state index in [4.69, 9.17) is 4.98 Å². The molecule has 1 aliphatic carbocycles. The molecule has 2 aliphatic rings. The van der Waals surface area contributed by atoms with Crippen LogP contribution in [0.1, 0.15) is 29.5 Å². The molecule has 5 rings (SSSR count). The molecule has 1 aromatic carbocycles. The van der Waals surface area contributed by atoms with Gasteiger partial charge in [0.15, 0.2) is 5.82 Å². The first-order valence-electron chi connectivity index (χ1n) is 9.66. The minimum absolute atomic E-state index is 0.762. The van der Waals surface area contributed by atoms with Crippen LogP contribution >= 0.6 is 11.3 Å². The summed E-state index contributed by atoms with van der Waals surface area (Å²) in [4.78, 5) is 9.65. The van der Waals surface area contributed by atoms with Gasteiger partial charge in [-0.1, -0.05) is 30.3 Å². The Morgan fingerprint density at radius 2 is 1.74 bits per heavy atom. The highest BCUT2D eigenvalue weighted by molar-refractivity contribution is 7.09. The quantitative estimate of drug-likeness (QED) is 0.677. The summed E-state index contributed by atoms with van der Waals surface area (Å²) in [6.07, 6.45) is 2.66. The van der Waals surface area contributed by atoms with Crippen LogP contribution in [0.2, 0.25) is 0 Å². The second-order valence-corrected chi connectivity index (χ2v) is 8.25. The molecular formula is C21H23N5S. The Morgan fingerprint density at radius 3 is 2.44 bits per heavy atom. The van der Waals surface area contributed by atoms with Gasteiger partial charge in [-0.15, -0.1) is 21.5 Å². The van der Waals surface area contributed by atoms with E-state index in [2.05, 4.69) is 49.6 Å². The molecule has 0 N–H and O–H groups in total. The lowest BCUT2D eigenvalue weighted by molar-refractivity contribution is 0.247. The third kappa shape index (κ3) is 3.87. The van der Waals surface area contributed by atoms with Gasteiger partial charge in [-0.2, -0.15) is 0 Å². The summed E-state index contributed by atoms with van der Waals surface area (Å²) in [5.74, 6) is 1.73. The molecule has 27 heavy (non-hydrogen) atoms. The topological polar surface area (TPSA) is 45.2 Å². The first-order chi connectivity index (χ1) is 13.3. The number of thiazole rings is 1. The summed E-state index contributed by atoms with van der Waals surface area (Å²) in [6, 6.07) is 14.4. The van der Waals surface area contributed by atoms with Crippen molar-refractivity contribution in [1.82, 2.24) is 20.1 Å². The number of hydrogen-bond donors (Lipinski definition) is 0. The number of benzene rings is 1. The lowest BCUT2D eigenvalue weighted by Crippen LogP contribution is -2.46. The van der Waals surface area contributed by atoms with Crippen LogP contribution in [0.4, 0.5) is 5.82 Å². The first-order valence-corrected chi connectivity index (χ1v) is 10.5. The molecule has 3 heterocycles. The normalized spacial score (nSPS) is 18.0. The van der Waals surface area contributed by atoms with Crippen molar-refractivity contribution in [2.45, 2.75) is 25.3 Å². The van der Waals surface area contributed by atoms with E-state index in [0.717, 1.165) is 55.7 Å². The maximum atomic E-state index is 4.82. The van der Waals surface area contributed by atoms with Crippen LogP contribution in [0.3, 0.4) is 0 Å². The van der Waals surface area contributed by atoms with Gasteiger partial charge < -0.3 is 4.90 Å². The van der Waals surface area contributed by atoms with Crippen molar-refractivity contribution in [3.05, 3.63) is 58.5 Å². The molecular weight excluding hydrogens is 354 g/mol. The van der Waals surface area contributed by atoms with Gasteiger partial charge in [-0.05, 0) is 25.0 Å². The van der Waals surface area contributed by atoms with Gasteiger partial charge in [0.2, 0.25) is 0 Å². The van der Waals surface area contributed by atoms with E-state index in [9.17, 15) is 0 Å². The Labute approximate surface area is 163 Å². The average Bonchev–Trinajstić information content (AvgIpc) is 3.49. The van der Waals surface area contributed by atoms with Crippen LogP contribution in [-0.4, -0.2) is 46.3 Å². The molecule has 1 aliphatic heterocycles. The molecule has 1 saturated heterocycles. The van der Waals surface area contributed by atoms with E-state index in [-0.39, 0.29) is 0 Å². The van der Waals surface area contributed by atoms with Crippen molar-refractivity contribution < 1.29 is 0 Å². The van der Waals surface area contributed by atoms with Crippen LogP contribution in [0.5, 0.6) is 0 Å². The number of anilines is 1. The summed E-state index contributed by atoms with van der Waals surface area (Å²) >= 11 is 1.84. The predicted octanol–water partition coefficient (Wildman–Crippen LogP) is 3.80. The number of hydrogen-bond acceptors (Lipinski definition) is 6. The second kappa shape index (κ2) is 7.37. The van der Waals surface area contributed by atoms with Crippen molar-refractivity contribution >= 4 is 17.2 Å². The molecule has 0 unspecified atom stereocenters.